The summed E-state index contributed by atoms with van der Waals surface area (Å²) >= 11 is 3.43. The predicted octanol–water partition coefficient (Wildman–Crippen LogP) is 4.37. The van der Waals surface area contributed by atoms with Crippen LogP contribution in [0.5, 0.6) is 0 Å². The smallest absolute Gasteiger partial charge is 0.227 e. The molecule has 0 aliphatic carbocycles. The van der Waals surface area contributed by atoms with Crippen LogP contribution in [0.15, 0.2) is 22.7 Å². The maximum Gasteiger partial charge on any atom is 0.227 e. The van der Waals surface area contributed by atoms with Crippen LogP contribution in [0.25, 0.3) is 0 Å². The Kier molecular flexibility index (Phi) is 6.84. The number of rotatable bonds is 5. The van der Waals surface area contributed by atoms with Crippen LogP contribution in [0.4, 0.5) is 5.69 Å². The number of carbonyl (C=O) groups is 2. The van der Waals surface area contributed by atoms with Crippen molar-refractivity contribution in [2.75, 3.05) is 18.4 Å². The highest BCUT2D eigenvalue weighted by molar-refractivity contribution is 9.10. The first-order valence-corrected chi connectivity index (χ1v) is 9.61. The third-order valence-corrected chi connectivity index (χ3v) is 5.45. The van der Waals surface area contributed by atoms with Crippen molar-refractivity contribution in [1.82, 2.24) is 4.90 Å². The number of halogens is 1. The Balaban J connectivity index is 1.89. The highest BCUT2D eigenvalue weighted by Crippen LogP contribution is 2.24. The molecule has 132 valence electrons. The normalized spacial score (nSPS) is 15.6. The van der Waals surface area contributed by atoms with Crippen molar-refractivity contribution < 1.29 is 9.59 Å². The van der Waals surface area contributed by atoms with Gasteiger partial charge >= 0.3 is 0 Å². The number of carbonyl (C=O) groups excluding carboxylic acids is 2. The molecule has 0 unspecified atom stereocenters. The standard InChI is InChI=1S/C19H27BrN2O2/c1-4-14(5-2)19(24)22-10-8-15(9-11-22)18(23)21-17-7-6-16(20)12-13(17)3/h6-7,12,14-15H,4-5,8-11H2,1-3H3,(H,21,23). The lowest BCUT2D eigenvalue weighted by molar-refractivity contribution is -0.138. The second kappa shape index (κ2) is 8.65. The molecule has 2 amide bonds. The molecule has 1 aromatic carbocycles. The van der Waals surface area contributed by atoms with Crippen LogP contribution in [0.3, 0.4) is 0 Å². The molecule has 1 N–H and O–H groups in total. The maximum absolute atomic E-state index is 12.5. The summed E-state index contributed by atoms with van der Waals surface area (Å²) in [5, 5.41) is 3.03. The van der Waals surface area contributed by atoms with E-state index in [1.54, 1.807) is 0 Å². The Bertz CT molecular complexity index is 591. The zero-order valence-corrected chi connectivity index (χ0v) is 16.4. The summed E-state index contributed by atoms with van der Waals surface area (Å²) in [6, 6.07) is 5.84. The van der Waals surface area contributed by atoms with Crippen molar-refractivity contribution in [3.8, 4) is 0 Å². The molecule has 0 saturated carbocycles. The zero-order chi connectivity index (χ0) is 17.7. The molecule has 1 aliphatic rings. The van der Waals surface area contributed by atoms with Gasteiger partial charge in [-0.05, 0) is 56.4 Å². The molecule has 1 aromatic rings. The van der Waals surface area contributed by atoms with Crippen molar-refractivity contribution >= 4 is 33.4 Å². The molecule has 0 radical (unpaired) electrons. The summed E-state index contributed by atoms with van der Waals surface area (Å²) in [5.41, 5.74) is 1.90. The van der Waals surface area contributed by atoms with Crippen LogP contribution < -0.4 is 5.32 Å². The summed E-state index contributed by atoms with van der Waals surface area (Å²) in [7, 11) is 0. The molecule has 24 heavy (non-hydrogen) atoms. The average molecular weight is 395 g/mol. The number of nitrogens with one attached hydrogen (secondary N) is 1. The first kappa shape index (κ1) is 19.0. The van der Waals surface area contributed by atoms with Gasteiger partial charge in [-0.2, -0.15) is 0 Å². The molecule has 2 rings (SSSR count). The molecular weight excluding hydrogens is 368 g/mol. The zero-order valence-electron chi connectivity index (χ0n) is 14.8. The van der Waals surface area contributed by atoms with E-state index in [4.69, 9.17) is 0 Å². The Morgan fingerprint density at radius 2 is 1.88 bits per heavy atom. The van der Waals surface area contributed by atoms with Gasteiger partial charge in [-0.1, -0.05) is 29.8 Å². The quantitative estimate of drug-likeness (QED) is 0.805. The van der Waals surface area contributed by atoms with E-state index in [9.17, 15) is 9.59 Å². The van der Waals surface area contributed by atoms with Crippen molar-refractivity contribution in [3.05, 3.63) is 28.2 Å². The van der Waals surface area contributed by atoms with Gasteiger partial charge in [-0.25, -0.2) is 0 Å². The van der Waals surface area contributed by atoms with E-state index in [0.717, 1.165) is 41.4 Å². The van der Waals surface area contributed by atoms with Gasteiger partial charge in [0.25, 0.3) is 0 Å². The van der Waals surface area contributed by atoms with Gasteiger partial charge in [0.2, 0.25) is 11.8 Å². The average Bonchev–Trinajstić information content (AvgIpc) is 2.58. The second-order valence-corrected chi connectivity index (χ2v) is 7.48. The molecule has 1 aliphatic heterocycles. The van der Waals surface area contributed by atoms with Crippen molar-refractivity contribution in [2.45, 2.75) is 46.5 Å². The van der Waals surface area contributed by atoms with Crippen LogP contribution in [-0.2, 0) is 9.59 Å². The number of nitrogens with zero attached hydrogens (tertiary/aromatic N) is 1. The number of aryl methyl sites for hydroxylation is 1. The fraction of sp³-hybridized carbons (Fsp3) is 0.579. The summed E-state index contributed by atoms with van der Waals surface area (Å²) < 4.78 is 1.01. The number of benzene rings is 1. The number of piperidine rings is 1. The van der Waals surface area contributed by atoms with Crippen LogP contribution in [0.1, 0.15) is 45.1 Å². The van der Waals surface area contributed by atoms with Crippen LogP contribution >= 0.6 is 15.9 Å². The highest BCUT2D eigenvalue weighted by Gasteiger charge is 2.29. The fourth-order valence-electron chi connectivity index (χ4n) is 3.26. The van der Waals surface area contributed by atoms with Gasteiger partial charge in [0, 0.05) is 35.1 Å². The van der Waals surface area contributed by atoms with E-state index < -0.39 is 0 Å². The fourth-order valence-corrected chi connectivity index (χ4v) is 3.74. The molecule has 0 atom stereocenters. The van der Waals surface area contributed by atoms with E-state index in [1.165, 1.54) is 0 Å². The Labute approximate surface area is 153 Å². The summed E-state index contributed by atoms with van der Waals surface area (Å²) in [5.74, 6) is 0.428. The number of hydrogen-bond acceptors (Lipinski definition) is 2. The molecule has 4 nitrogen and oxygen atoms in total. The monoisotopic (exact) mass is 394 g/mol. The summed E-state index contributed by atoms with van der Waals surface area (Å²) in [4.78, 5) is 26.9. The number of anilines is 1. The van der Waals surface area contributed by atoms with Gasteiger partial charge in [-0.3, -0.25) is 9.59 Å². The van der Waals surface area contributed by atoms with E-state index in [0.29, 0.717) is 13.1 Å². The first-order chi connectivity index (χ1) is 11.5. The molecule has 1 heterocycles. The molecule has 1 fully saturated rings. The molecular formula is C19H27BrN2O2. The van der Waals surface area contributed by atoms with E-state index in [2.05, 4.69) is 35.1 Å². The van der Waals surface area contributed by atoms with Crippen LogP contribution in [-0.4, -0.2) is 29.8 Å². The largest absolute Gasteiger partial charge is 0.342 e. The number of amides is 2. The lowest BCUT2D eigenvalue weighted by Gasteiger charge is -2.33. The second-order valence-electron chi connectivity index (χ2n) is 6.56. The third kappa shape index (κ3) is 4.59. The first-order valence-electron chi connectivity index (χ1n) is 8.82. The van der Waals surface area contributed by atoms with Gasteiger partial charge in [0.05, 0.1) is 0 Å². The minimum Gasteiger partial charge on any atom is -0.342 e. The molecule has 0 spiro atoms. The molecule has 0 aromatic heterocycles. The van der Waals surface area contributed by atoms with Crippen molar-refractivity contribution in [2.24, 2.45) is 11.8 Å². The summed E-state index contributed by atoms with van der Waals surface area (Å²) in [6.07, 6.45) is 3.26. The van der Waals surface area contributed by atoms with Crippen molar-refractivity contribution in [1.29, 1.82) is 0 Å². The Hall–Kier alpha value is -1.36. The van der Waals surface area contributed by atoms with Gasteiger partial charge < -0.3 is 10.2 Å². The minimum absolute atomic E-state index is 0.0150. The lowest BCUT2D eigenvalue weighted by Crippen LogP contribution is -2.43. The SMILES string of the molecule is CCC(CC)C(=O)N1CCC(C(=O)Nc2ccc(Br)cc2C)CC1. The molecule has 5 heteroatoms. The number of hydrogen-bond donors (Lipinski definition) is 1. The highest BCUT2D eigenvalue weighted by atomic mass is 79.9. The predicted molar refractivity (Wildman–Crippen MR) is 101 cm³/mol. The Morgan fingerprint density at radius 3 is 2.42 bits per heavy atom. The van der Waals surface area contributed by atoms with Crippen molar-refractivity contribution in [3.63, 3.8) is 0 Å². The summed E-state index contributed by atoms with van der Waals surface area (Å²) in [6.45, 7) is 7.48. The minimum atomic E-state index is -0.0150. The Morgan fingerprint density at radius 1 is 1.25 bits per heavy atom. The molecule has 1 saturated heterocycles. The topological polar surface area (TPSA) is 49.4 Å². The van der Waals surface area contributed by atoms with Gasteiger partial charge in [0.15, 0.2) is 0 Å². The van der Waals surface area contributed by atoms with E-state index in [-0.39, 0.29) is 23.7 Å². The molecule has 0 bridgehead atoms. The van der Waals surface area contributed by atoms with Crippen LogP contribution in [0.2, 0.25) is 0 Å². The van der Waals surface area contributed by atoms with Gasteiger partial charge in [0.1, 0.15) is 0 Å². The number of likely N-dealkylation sites (tertiary alicyclic amines) is 1. The van der Waals surface area contributed by atoms with E-state index in [1.807, 2.05) is 30.0 Å². The third-order valence-electron chi connectivity index (χ3n) is 4.96. The van der Waals surface area contributed by atoms with Crippen LogP contribution in [0, 0.1) is 18.8 Å². The maximum atomic E-state index is 12.5. The van der Waals surface area contributed by atoms with Gasteiger partial charge in [-0.15, -0.1) is 0 Å². The van der Waals surface area contributed by atoms with E-state index >= 15 is 0 Å². The lowest BCUT2D eigenvalue weighted by atomic mass is 9.93.